The van der Waals surface area contributed by atoms with Crippen LogP contribution in [0.2, 0.25) is 0 Å². The van der Waals surface area contributed by atoms with Crippen molar-refractivity contribution in [2.75, 3.05) is 25.0 Å². The second kappa shape index (κ2) is 6.29. The lowest BCUT2D eigenvalue weighted by molar-refractivity contribution is 0.457. The summed E-state index contributed by atoms with van der Waals surface area (Å²) >= 11 is 0. The van der Waals surface area contributed by atoms with Crippen molar-refractivity contribution in [2.24, 2.45) is 5.92 Å². The summed E-state index contributed by atoms with van der Waals surface area (Å²) in [5.41, 5.74) is 2.12. The number of hydrogen-bond acceptors (Lipinski definition) is 3. The van der Waals surface area contributed by atoms with Crippen LogP contribution < -0.4 is 10.2 Å². The first kappa shape index (κ1) is 14.2. The minimum absolute atomic E-state index is 0.178. The molecular formula is C16H26N2O. The number of benzene rings is 1. The molecule has 1 aromatic carbocycles. The second-order valence-electron chi connectivity index (χ2n) is 5.64. The fourth-order valence-corrected chi connectivity index (χ4v) is 2.46. The lowest BCUT2D eigenvalue weighted by atomic mass is 10.1. The molecule has 19 heavy (non-hydrogen) atoms. The number of phenolic OH excluding ortho intramolecular Hbond substituents is 1. The largest absolute Gasteiger partial charge is 0.508 e. The summed E-state index contributed by atoms with van der Waals surface area (Å²) in [6.07, 6.45) is 3.87. The van der Waals surface area contributed by atoms with Crippen molar-refractivity contribution in [2.45, 2.75) is 39.2 Å². The number of hydrogen-bond donors (Lipinski definition) is 2. The Balaban J connectivity index is 2.15. The Morgan fingerprint density at radius 2 is 2.16 bits per heavy atom. The average molecular weight is 262 g/mol. The Bertz CT molecular complexity index is 415. The highest BCUT2D eigenvalue weighted by Crippen LogP contribution is 2.34. The molecule has 3 nitrogen and oxygen atoms in total. The van der Waals surface area contributed by atoms with E-state index in [4.69, 9.17) is 0 Å². The first-order valence-electron chi connectivity index (χ1n) is 7.40. The Hall–Kier alpha value is -1.22. The minimum atomic E-state index is 0.178. The van der Waals surface area contributed by atoms with Gasteiger partial charge in [-0.3, -0.25) is 0 Å². The molecule has 0 radical (unpaired) electrons. The molecule has 0 bridgehead atoms. The molecule has 3 heteroatoms. The third-order valence-electron chi connectivity index (χ3n) is 3.95. The molecule has 0 aromatic heterocycles. The molecule has 0 saturated heterocycles. The van der Waals surface area contributed by atoms with Gasteiger partial charge in [-0.25, -0.2) is 0 Å². The van der Waals surface area contributed by atoms with Gasteiger partial charge in [-0.05, 0) is 45.2 Å². The van der Waals surface area contributed by atoms with Crippen molar-refractivity contribution in [1.82, 2.24) is 5.32 Å². The summed E-state index contributed by atoms with van der Waals surface area (Å²) in [5.74, 6) is 1.26. The molecule has 1 saturated carbocycles. The molecule has 106 valence electrons. The third kappa shape index (κ3) is 3.63. The number of aromatic hydroxyl groups is 1. The van der Waals surface area contributed by atoms with E-state index in [1.54, 1.807) is 0 Å². The maximum atomic E-state index is 10.2. The van der Waals surface area contributed by atoms with Crippen LogP contribution in [0, 0.1) is 5.92 Å². The van der Waals surface area contributed by atoms with Crippen LogP contribution in [-0.2, 0) is 0 Å². The summed E-state index contributed by atoms with van der Waals surface area (Å²) in [6, 6.07) is 6.28. The van der Waals surface area contributed by atoms with Crippen molar-refractivity contribution in [1.29, 1.82) is 0 Å². The first-order valence-corrected chi connectivity index (χ1v) is 7.40. The van der Waals surface area contributed by atoms with E-state index in [9.17, 15) is 5.11 Å². The van der Waals surface area contributed by atoms with E-state index in [0.29, 0.717) is 5.75 Å². The van der Waals surface area contributed by atoms with Gasteiger partial charge < -0.3 is 15.3 Å². The predicted molar refractivity (Wildman–Crippen MR) is 80.8 cm³/mol. The van der Waals surface area contributed by atoms with Crippen LogP contribution in [0.5, 0.6) is 5.75 Å². The van der Waals surface area contributed by atoms with Crippen LogP contribution in [0.1, 0.15) is 44.7 Å². The van der Waals surface area contributed by atoms with Crippen LogP contribution in [0.3, 0.4) is 0 Å². The molecule has 0 aliphatic heterocycles. The topological polar surface area (TPSA) is 35.5 Å². The van der Waals surface area contributed by atoms with Crippen LogP contribution in [0.15, 0.2) is 18.2 Å². The fourth-order valence-electron chi connectivity index (χ4n) is 2.46. The molecule has 0 amide bonds. The summed E-state index contributed by atoms with van der Waals surface area (Å²) in [4.78, 5) is 2.41. The smallest absolute Gasteiger partial charge is 0.122 e. The molecule has 1 aliphatic rings. The highest BCUT2D eigenvalue weighted by Gasteiger charge is 2.24. The predicted octanol–water partition coefficient (Wildman–Crippen LogP) is 3.30. The van der Waals surface area contributed by atoms with Crippen molar-refractivity contribution in [3.63, 3.8) is 0 Å². The number of rotatable bonds is 7. The molecule has 1 atom stereocenters. The van der Waals surface area contributed by atoms with E-state index in [1.165, 1.54) is 12.8 Å². The van der Waals surface area contributed by atoms with Crippen LogP contribution in [0.4, 0.5) is 5.69 Å². The van der Waals surface area contributed by atoms with Gasteiger partial charge in [0, 0.05) is 36.4 Å². The fraction of sp³-hybridized carbons (Fsp3) is 0.625. The van der Waals surface area contributed by atoms with Gasteiger partial charge in [0.1, 0.15) is 5.75 Å². The summed E-state index contributed by atoms with van der Waals surface area (Å²) in [7, 11) is 1.91. The van der Waals surface area contributed by atoms with Gasteiger partial charge in [0.2, 0.25) is 0 Å². The van der Waals surface area contributed by atoms with E-state index in [2.05, 4.69) is 30.1 Å². The highest BCUT2D eigenvalue weighted by atomic mass is 16.3. The number of nitrogens with zero attached hydrogens (tertiary/aromatic N) is 1. The standard InChI is InChI=1S/C16H26N2O/c1-4-9-18(11-13-5-6-13)14-7-8-15(12(2)17-3)16(19)10-14/h7-8,10,12-13,17,19H,4-6,9,11H2,1-3H3. The quantitative estimate of drug-likeness (QED) is 0.791. The lowest BCUT2D eigenvalue weighted by Crippen LogP contribution is -2.26. The number of anilines is 1. The molecule has 1 aliphatic carbocycles. The highest BCUT2D eigenvalue weighted by molar-refractivity contribution is 5.54. The third-order valence-corrected chi connectivity index (χ3v) is 3.95. The van der Waals surface area contributed by atoms with Gasteiger partial charge in [-0.1, -0.05) is 13.0 Å². The Morgan fingerprint density at radius 3 is 2.68 bits per heavy atom. The van der Waals surface area contributed by atoms with Gasteiger partial charge in [0.15, 0.2) is 0 Å². The van der Waals surface area contributed by atoms with Gasteiger partial charge in [0.05, 0.1) is 0 Å². The second-order valence-corrected chi connectivity index (χ2v) is 5.64. The van der Waals surface area contributed by atoms with Crippen molar-refractivity contribution >= 4 is 5.69 Å². The van der Waals surface area contributed by atoms with Crippen molar-refractivity contribution in [3.8, 4) is 5.75 Å². The zero-order valence-corrected chi connectivity index (χ0v) is 12.3. The zero-order valence-electron chi connectivity index (χ0n) is 12.3. The summed E-state index contributed by atoms with van der Waals surface area (Å²) in [5, 5.41) is 13.4. The van der Waals surface area contributed by atoms with E-state index in [1.807, 2.05) is 19.2 Å². The van der Waals surface area contributed by atoms with Crippen LogP contribution in [0.25, 0.3) is 0 Å². The van der Waals surface area contributed by atoms with Crippen LogP contribution >= 0.6 is 0 Å². The normalized spacial score (nSPS) is 16.4. The van der Waals surface area contributed by atoms with Crippen LogP contribution in [-0.4, -0.2) is 25.2 Å². The molecule has 1 fully saturated rings. The number of nitrogens with one attached hydrogen (secondary N) is 1. The molecule has 0 spiro atoms. The first-order chi connectivity index (χ1) is 9.15. The maximum Gasteiger partial charge on any atom is 0.122 e. The Morgan fingerprint density at radius 1 is 1.42 bits per heavy atom. The van der Waals surface area contributed by atoms with E-state index in [-0.39, 0.29) is 6.04 Å². The molecule has 1 unspecified atom stereocenters. The summed E-state index contributed by atoms with van der Waals surface area (Å²) < 4.78 is 0. The molecule has 2 N–H and O–H groups in total. The van der Waals surface area contributed by atoms with E-state index >= 15 is 0 Å². The number of phenols is 1. The molecule has 0 heterocycles. The van der Waals surface area contributed by atoms with Crippen molar-refractivity contribution < 1.29 is 5.11 Å². The summed E-state index contributed by atoms with van der Waals surface area (Å²) in [6.45, 7) is 6.46. The van der Waals surface area contributed by atoms with Gasteiger partial charge >= 0.3 is 0 Å². The van der Waals surface area contributed by atoms with Crippen molar-refractivity contribution in [3.05, 3.63) is 23.8 Å². The van der Waals surface area contributed by atoms with Gasteiger partial charge in [-0.2, -0.15) is 0 Å². The zero-order chi connectivity index (χ0) is 13.8. The van der Waals surface area contributed by atoms with E-state index in [0.717, 1.165) is 36.7 Å². The van der Waals surface area contributed by atoms with Gasteiger partial charge in [-0.15, -0.1) is 0 Å². The van der Waals surface area contributed by atoms with Gasteiger partial charge in [0.25, 0.3) is 0 Å². The Kier molecular flexibility index (Phi) is 4.70. The average Bonchev–Trinajstić information content (AvgIpc) is 3.21. The molecule has 1 aromatic rings. The lowest BCUT2D eigenvalue weighted by Gasteiger charge is -2.25. The maximum absolute atomic E-state index is 10.2. The Labute approximate surface area is 116 Å². The minimum Gasteiger partial charge on any atom is -0.508 e. The van der Waals surface area contributed by atoms with E-state index < -0.39 is 0 Å². The molecule has 2 rings (SSSR count). The SMILES string of the molecule is CCCN(CC1CC1)c1ccc(C(C)NC)c(O)c1. The molecular weight excluding hydrogens is 236 g/mol. The monoisotopic (exact) mass is 262 g/mol.